The van der Waals surface area contributed by atoms with Crippen molar-refractivity contribution in [2.45, 2.75) is 12.5 Å². The smallest absolute Gasteiger partial charge is 0.236 e. The lowest BCUT2D eigenvalue weighted by Gasteiger charge is -2.37. The van der Waals surface area contributed by atoms with E-state index in [9.17, 15) is 9.59 Å². The van der Waals surface area contributed by atoms with Gasteiger partial charge in [0.05, 0.1) is 13.5 Å². The molecular formula is C15H21N3O3. The van der Waals surface area contributed by atoms with E-state index in [0.717, 1.165) is 5.56 Å². The number of benzene rings is 1. The van der Waals surface area contributed by atoms with Crippen LogP contribution in [0.25, 0.3) is 0 Å². The van der Waals surface area contributed by atoms with Crippen molar-refractivity contribution < 1.29 is 14.3 Å². The summed E-state index contributed by atoms with van der Waals surface area (Å²) in [5, 5.41) is 0. The van der Waals surface area contributed by atoms with Crippen molar-refractivity contribution in [2.75, 3.05) is 33.8 Å². The van der Waals surface area contributed by atoms with E-state index in [1.165, 1.54) is 0 Å². The van der Waals surface area contributed by atoms with Gasteiger partial charge >= 0.3 is 0 Å². The Labute approximate surface area is 124 Å². The van der Waals surface area contributed by atoms with E-state index in [0.29, 0.717) is 25.4 Å². The van der Waals surface area contributed by atoms with Gasteiger partial charge in [-0.15, -0.1) is 0 Å². The van der Waals surface area contributed by atoms with Crippen LogP contribution in [0.1, 0.15) is 5.56 Å². The van der Waals surface area contributed by atoms with Gasteiger partial charge in [0.15, 0.2) is 0 Å². The van der Waals surface area contributed by atoms with E-state index in [4.69, 9.17) is 10.5 Å². The minimum absolute atomic E-state index is 0.0150. The lowest BCUT2D eigenvalue weighted by atomic mass is 10.1. The van der Waals surface area contributed by atoms with Crippen LogP contribution >= 0.6 is 0 Å². The molecule has 6 heteroatoms. The monoisotopic (exact) mass is 291 g/mol. The third-order valence-corrected chi connectivity index (χ3v) is 3.86. The lowest BCUT2D eigenvalue weighted by molar-refractivity contribution is -0.136. The molecule has 1 heterocycles. The second-order valence-corrected chi connectivity index (χ2v) is 5.23. The van der Waals surface area contributed by atoms with E-state index in [1.54, 1.807) is 12.0 Å². The first kappa shape index (κ1) is 15.3. The molecule has 1 fully saturated rings. The molecule has 0 bridgehead atoms. The molecule has 0 unspecified atom stereocenters. The van der Waals surface area contributed by atoms with Gasteiger partial charge in [0, 0.05) is 25.2 Å². The molecule has 6 nitrogen and oxygen atoms in total. The molecule has 0 spiro atoms. The van der Waals surface area contributed by atoms with Crippen LogP contribution in [0.15, 0.2) is 24.3 Å². The van der Waals surface area contributed by atoms with Gasteiger partial charge in [-0.3, -0.25) is 14.5 Å². The predicted octanol–water partition coefficient (Wildman–Crippen LogP) is -0.134. The van der Waals surface area contributed by atoms with Crippen molar-refractivity contribution >= 4 is 11.8 Å². The van der Waals surface area contributed by atoms with Crippen molar-refractivity contribution in [1.29, 1.82) is 0 Å². The highest BCUT2D eigenvalue weighted by Gasteiger charge is 2.30. The maximum absolute atomic E-state index is 12.4. The summed E-state index contributed by atoms with van der Waals surface area (Å²) in [6.45, 7) is 1.60. The fourth-order valence-electron chi connectivity index (χ4n) is 2.53. The fourth-order valence-corrected chi connectivity index (χ4v) is 2.53. The number of primary amides is 1. The second kappa shape index (κ2) is 6.58. The molecule has 1 aromatic carbocycles. The molecule has 21 heavy (non-hydrogen) atoms. The Hall–Kier alpha value is -2.08. The van der Waals surface area contributed by atoms with Gasteiger partial charge in [0.2, 0.25) is 11.8 Å². The number of carbonyl (C=O) groups excluding carboxylic acids is 2. The van der Waals surface area contributed by atoms with Gasteiger partial charge < -0.3 is 15.4 Å². The third kappa shape index (κ3) is 3.52. The standard InChI is InChI=1S/C15H21N3O3/c1-17-7-8-18(10-12(17)15(16)20)14(19)9-11-5-3-4-6-13(11)21-2/h3-6,12H,7-10H2,1-2H3,(H2,16,20)/t12-/m1/s1. The van der Waals surface area contributed by atoms with Crippen molar-refractivity contribution in [1.82, 2.24) is 9.80 Å². The molecule has 114 valence electrons. The molecule has 0 saturated carbocycles. The minimum atomic E-state index is -0.416. The van der Waals surface area contributed by atoms with Gasteiger partial charge in [-0.25, -0.2) is 0 Å². The van der Waals surface area contributed by atoms with Crippen LogP contribution in [0.3, 0.4) is 0 Å². The van der Waals surface area contributed by atoms with Crippen LogP contribution in [0.5, 0.6) is 5.75 Å². The number of para-hydroxylation sites is 1. The van der Waals surface area contributed by atoms with Crippen LogP contribution < -0.4 is 10.5 Å². The number of methoxy groups -OCH3 is 1. The molecule has 1 aliphatic rings. The number of nitrogens with zero attached hydrogens (tertiary/aromatic N) is 2. The van der Waals surface area contributed by atoms with Crippen molar-refractivity contribution in [2.24, 2.45) is 5.73 Å². The first-order chi connectivity index (χ1) is 10.0. The van der Waals surface area contributed by atoms with Crippen LogP contribution in [0, 0.1) is 0 Å². The maximum atomic E-state index is 12.4. The van der Waals surface area contributed by atoms with Crippen molar-refractivity contribution in [3.05, 3.63) is 29.8 Å². The highest BCUT2D eigenvalue weighted by Crippen LogP contribution is 2.19. The van der Waals surface area contributed by atoms with Gasteiger partial charge in [-0.05, 0) is 13.1 Å². The third-order valence-electron chi connectivity index (χ3n) is 3.86. The molecule has 2 N–H and O–H groups in total. The van der Waals surface area contributed by atoms with Gasteiger partial charge in [-0.1, -0.05) is 18.2 Å². The average Bonchev–Trinajstić information content (AvgIpc) is 2.47. The molecule has 1 saturated heterocycles. The topological polar surface area (TPSA) is 75.9 Å². The van der Waals surface area contributed by atoms with Crippen molar-refractivity contribution in [3.63, 3.8) is 0 Å². The van der Waals surface area contributed by atoms with E-state index in [1.807, 2.05) is 36.2 Å². The summed E-state index contributed by atoms with van der Waals surface area (Å²) in [6.07, 6.45) is 0.263. The van der Waals surface area contributed by atoms with Crippen LogP contribution in [-0.4, -0.2) is 61.4 Å². The molecule has 2 rings (SSSR count). The van der Waals surface area contributed by atoms with Crippen molar-refractivity contribution in [3.8, 4) is 5.75 Å². The Balaban J connectivity index is 2.05. The van der Waals surface area contributed by atoms with E-state index < -0.39 is 11.9 Å². The number of piperazine rings is 1. The zero-order chi connectivity index (χ0) is 15.4. The van der Waals surface area contributed by atoms with Gasteiger partial charge in [0.25, 0.3) is 0 Å². The average molecular weight is 291 g/mol. The van der Waals surface area contributed by atoms with E-state index >= 15 is 0 Å². The Morgan fingerprint density at radius 1 is 1.33 bits per heavy atom. The molecule has 1 atom stereocenters. The molecule has 1 aliphatic heterocycles. The molecule has 0 radical (unpaired) electrons. The summed E-state index contributed by atoms with van der Waals surface area (Å²) in [5.41, 5.74) is 6.23. The summed E-state index contributed by atoms with van der Waals surface area (Å²) in [4.78, 5) is 27.4. The number of amides is 2. The highest BCUT2D eigenvalue weighted by molar-refractivity contribution is 5.83. The largest absolute Gasteiger partial charge is 0.496 e. The van der Waals surface area contributed by atoms with Crippen LogP contribution in [-0.2, 0) is 16.0 Å². The zero-order valence-corrected chi connectivity index (χ0v) is 12.4. The molecular weight excluding hydrogens is 270 g/mol. The molecule has 2 amide bonds. The summed E-state index contributed by atoms with van der Waals surface area (Å²) < 4.78 is 5.26. The number of likely N-dealkylation sites (N-methyl/N-ethyl adjacent to an activating group) is 1. The normalized spacial score (nSPS) is 19.3. The van der Waals surface area contributed by atoms with Crippen LogP contribution in [0.2, 0.25) is 0 Å². The Morgan fingerprint density at radius 2 is 2.05 bits per heavy atom. The van der Waals surface area contributed by atoms with E-state index in [2.05, 4.69) is 0 Å². The quantitative estimate of drug-likeness (QED) is 0.838. The molecule has 0 aliphatic carbocycles. The van der Waals surface area contributed by atoms with Gasteiger partial charge in [-0.2, -0.15) is 0 Å². The number of hydrogen-bond donors (Lipinski definition) is 1. The first-order valence-electron chi connectivity index (χ1n) is 6.92. The summed E-state index contributed by atoms with van der Waals surface area (Å²) >= 11 is 0. The second-order valence-electron chi connectivity index (χ2n) is 5.23. The Kier molecular flexibility index (Phi) is 4.80. The minimum Gasteiger partial charge on any atom is -0.496 e. The van der Waals surface area contributed by atoms with E-state index in [-0.39, 0.29) is 12.3 Å². The summed E-state index contributed by atoms with van der Waals surface area (Å²) in [5.74, 6) is 0.289. The number of rotatable bonds is 4. The molecule has 1 aromatic rings. The molecule has 0 aromatic heterocycles. The zero-order valence-electron chi connectivity index (χ0n) is 12.4. The maximum Gasteiger partial charge on any atom is 0.236 e. The number of nitrogens with two attached hydrogens (primary N) is 1. The fraction of sp³-hybridized carbons (Fsp3) is 0.467. The number of ether oxygens (including phenoxy) is 1. The lowest BCUT2D eigenvalue weighted by Crippen LogP contribution is -2.58. The van der Waals surface area contributed by atoms with Crippen LogP contribution in [0.4, 0.5) is 0 Å². The Bertz CT molecular complexity index is 533. The SMILES string of the molecule is COc1ccccc1CC(=O)N1CCN(C)[C@@H](C(N)=O)C1. The number of carbonyl (C=O) groups is 2. The predicted molar refractivity (Wildman–Crippen MR) is 78.9 cm³/mol. The summed E-state index contributed by atoms with van der Waals surface area (Å²) in [6, 6.07) is 7.03. The highest BCUT2D eigenvalue weighted by atomic mass is 16.5. The first-order valence-corrected chi connectivity index (χ1v) is 6.92. The summed E-state index contributed by atoms with van der Waals surface area (Å²) in [7, 11) is 3.43. The van der Waals surface area contributed by atoms with Gasteiger partial charge in [0.1, 0.15) is 11.8 Å². The number of hydrogen-bond acceptors (Lipinski definition) is 4. The Morgan fingerprint density at radius 3 is 2.71 bits per heavy atom.